The third-order valence-electron chi connectivity index (χ3n) is 3.67. The summed E-state index contributed by atoms with van der Waals surface area (Å²) in [5.41, 5.74) is 2.43. The summed E-state index contributed by atoms with van der Waals surface area (Å²) in [4.78, 5) is 3.17. The van der Waals surface area contributed by atoms with Gasteiger partial charge in [0.05, 0.1) is 5.69 Å². The predicted molar refractivity (Wildman–Crippen MR) is 88.4 cm³/mol. The molecule has 0 atom stereocenters. The molecule has 0 amide bonds. The van der Waals surface area contributed by atoms with Crippen LogP contribution in [0.1, 0.15) is 45.4 Å². The minimum absolute atomic E-state index is 0.831. The number of H-pyrrole nitrogens is 1. The van der Waals surface area contributed by atoms with Crippen molar-refractivity contribution in [3.8, 4) is 11.3 Å². The molecule has 1 aromatic carbocycles. The SMILES string of the molecule is CCCCCCCCn1c(-c2ccccc2)c[nH]c1=S. The lowest BCUT2D eigenvalue weighted by molar-refractivity contribution is 0.557. The smallest absolute Gasteiger partial charge is 0.177 e. The highest BCUT2D eigenvalue weighted by Gasteiger charge is 2.05. The van der Waals surface area contributed by atoms with E-state index in [1.54, 1.807) is 0 Å². The number of aromatic amines is 1. The van der Waals surface area contributed by atoms with Gasteiger partial charge in [-0.1, -0.05) is 69.4 Å². The van der Waals surface area contributed by atoms with E-state index < -0.39 is 0 Å². The van der Waals surface area contributed by atoms with Crippen LogP contribution in [0.3, 0.4) is 0 Å². The molecule has 1 N–H and O–H groups in total. The summed E-state index contributed by atoms with van der Waals surface area (Å²) < 4.78 is 3.06. The van der Waals surface area contributed by atoms with Crippen LogP contribution in [0.25, 0.3) is 11.3 Å². The van der Waals surface area contributed by atoms with Crippen LogP contribution in [0.15, 0.2) is 36.5 Å². The summed E-state index contributed by atoms with van der Waals surface area (Å²) >= 11 is 5.40. The van der Waals surface area contributed by atoms with E-state index in [1.165, 1.54) is 49.8 Å². The average molecular weight is 288 g/mol. The Morgan fingerprint density at radius 3 is 2.45 bits per heavy atom. The molecule has 108 valence electrons. The Morgan fingerprint density at radius 2 is 1.70 bits per heavy atom. The van der Waals surface area contributed by atoms with Crippen LogP contribution in [-0.2, 0) is 6.54 Å². The summed E-state index contributed by atoms with van der Waals surface area (Å²) in [6.07, 6.45) is 9.89. The number of nitrogens with zero attached hydrogens (tertiary/aromatic N) is 1. The third-order valence-corrected chi connectivity index (χ3v) is 4.01. The number of aromatic nitrogens is 2. The van der Waals surface area contributed by atoms with Gasteiger partial charge in [0.25, 0.3) is 0 Å². The Kier molecular flexibility index (Phi) is 6.06. The molecule has 0 aliphatic heterocycles. The van der Waals surface area contributed by atoms with Crippen molar-refractivity contribution in [2.24, 2.45) is 0 Å². The number of nitrogens with one attached hydrogen (secondary N) is 1. The van der Waals surface area contributed by atoms with Crippen molar-refractivity contribution in [1.29, 1.82) is 0 Å². The van der Waals surface area contributed by atoms with E-state index in [2.05, 4.69) is 40.7 Å². The summed E-state index contributed by atoms with van der Waals surface area (Å²) in [6.45, 7) is 3.27. The van der Waals surface area contributed by atoms with Crippen molar-refractivity contribution < 1.29 is 0 Å². The highest BCUT2D eigenvalue weighted by molar-refractivity contribution is 7.71. The molecule has 3 heteroatoms. The molecule has 1 heterocycles. The van der Waals surface area contributed by atoms with Crippen molar-refractivity contribution in [1.82, 2.24) is 9.55 Å². The molecule has 20 heavy (non-hydrogen) atoms. The fourth-order valence-corrected chi connectivity index (χ4v) is 2.76. The van der Waals surface area contributed by atoms with Gasteiger partial charge in [-0.15, -0.1) is 0 Å². The first-order valence-electron chi connectivity index (χ1n) is 7.66. The van der Waals surface area contributed by atoms with Crippen molar-refractivity contribution in [2.45, 2.75) is 52.0 Å². The molecule has 2 nitrogen and oxygen atoms in total. The van der Waals surface area contributed by atoms with Gasteiger partial charge in [-0.2, -0.15) is 0 Å². The highest BCUT2D eigenvalue weighted by atomic mass is 32.1. The fraction of sp³-hybridized carbons (Fsp3) is 0.471. The van der Waals surface area contributed by atoms with Gasteiger partial charge in [-0.25, -0.2) is 0 Å². The Morgan fingerprint density at radius 1 is 1.00 bits per heavy atom. The molecule has 0 radical (unpaired) electrons. The van der Waals surface area contributed by atoms with Gasteiger partial charge < -0.3 is 9.55 Å². The monoisotopic (exact) mass is 288 g/mol. The van der Waals surface area contributed by atoms with E-state index in [4.69, 9.17) is 12.2 Å². The van der Waals surface area contributed by atoms with Gasteiger partial charge in [0.2, 0.25) is 0 Å². The molecule has 2 aromatic rings. The molecule has 0 saturated heterocycles. The quantitative estimate of drug-likeness (QED) is 0.497. The number of rotatable bonds is 8. The molecule has 0 aliphatic rings. The fourth-order valence-electron chi connectivity index (χ4n) is 2.52. The first-order chi connectivity index (χ1) is 9.83. The molecular formula is C17H24N2S. The molecule has 0 unspecified atom stereocenters. The van der Waals surface area contributed by atoms with E-state index in [0.717, 1.165) is 11.3 Å². The number of unbranched alkanes of at least 4 members (excludes halogenated alkanes) is 5. The second kappa shape index (κ2) is 8.05. The number of imidazole rings is 1. The second-order valence-electron chi connectivity index (χ2n) is 5.26. The standard InChI is InChI=1S/C17H24N2S/c1-2-3-4-5-6-10-13-19-16(14-18-17(19)20)15-11-8-7-9-12-15/h7-9,11-12,14H,2-6,10,13H2,1H3,(H,18,20). The van der Waals surface area contributed by atoms with Gasteiger partial charge in [0.1, 0.15) is 0 Å². The molecule has 2 rings (SSSR count). The third kappa shape index (κ3) is 4.07. The molecule has 0 aliphatic carbocycles. The zero-order valence-electron chi connectivity index (χ0n) is 12.3. The number of benzene rings is 1. The Hall–Kier alpha value is -1.35. The lowest BCUT2D eigenvalue weighted by Crippen LogP contribution is -2.00. The van der Waals surface area contributed by atoms with E-state index in [1.807, 2.05) is 12.3 Å². The van der Waals surface area contributed by atoms with Crippen LogP contribution in [-0.4, -0.2) is 9.55 Å². The van der Waals surface area contributed by atoms with Crippen molar-refractivity contribution in [2.75, 3.05) is 0 Å². The van der Waals surface area contributed by atoms with Crippen LogP contribution in [0.2, 0.25) is 0 Å². The lowest BCUT2D eigenvalue weighted by Gasteiger charge is -2.08. The highest BCUT2D eigenvalue weighted by Crippen LogP contribution is 2.20. The number of hydrogen-bond acceptors (Lipinski definition) is 1. The summed E-state index contributed by atoms with van der Waals surface area (Å²) in [5, 5.41) is 0. The average Bonchev–Trinajstić information content (AvgIpc) is 2.85. The largest absolute Gasteiger partial charge is 0.337 e. The molecule has 0 fully saturated rings. The maximum absolute atomic E-state index is 5.40. The van der Waals surface area contributed by atoms with Crippen LogP contribution < -0.4 is 0 Å². The van der Waals surface area contributed by atoms with Crippen molar-refractivity contribution >= 4 is 12.2 Å². The van der Waals surface area contributed by atoms with Crippen LogP contribution in [0.5, 0.6) is 0 Å². The van der Waals surface area contributed by atoms with Crippen LogP contribution in [0, 0.1) is 4.77 Å². The summed E-state index contributed by atoms with van der Waals surface area (Å²) in [6, 6.07) is 10.5. The van der Waals surface area contributed by atoms with Gasteiger partial charge in [-0.05, 0) is 24.2 Å². The van der Waals surface area contributed by atoms with Gasteiger partial charge in [0, 0.05) is 12.7 Å². The Labute approximate surface area is 126 Å². The minimum Gasteiger partial charge on any atom is -0.337 e. The molecular weight excluding hydrogens is 264 g/mol. The topological polar surface area (TPSA) is 20.7 Å². The van der Waals surface area contributed by atoms with Crippen molar-refractivity contribution in [3.05, 3.63) is 41.3 Å². The molecule has 0 spiro atoms. The molecule has 0 bridgehead atoms. The zero-order chi connectivity index (χ0) is 14.2. The Balaban J connectivity index is 1.95. The van der Waals surface area contributed by atoms with E-state index in [9.17, 15) is 0 Å². The Bertz CT molecular complexity index is 554. The van der Waals surface area contributed by atoms with Gasteiger partial charge in [-0.3, -0.25) is 0 Å². The van der Waals surface area contributed by atoms with Gasteiger partial charge in [0.15, 0.2) is 4.77 Å². The van der Waals surface area contributed by atoms with E-state index >= 15 is 0 Å². The summed E-state index contributed by atoms with van der Waals surface area (Å²) in [5.74, 6) is 0. The molecule has 1 aromatic heterocycles. The first kappa shape index (κ1) is 15.0. The van der Waals surface area contributed by atoms with Crippen LogP contribution in [0.4, 0.5) is 0 Å². The van der Waals surface area contributed by atoms with Crippen LogP contribution >= 0.6 is 12.2 Å². The normalized spacial score (nSPS) is 10.8. The maximum atomic E-state index is 5.40. The van der Waals surface area contributed by atoms with Crippen molar-refractivity contribution in [3.63, 3.8) is 0 Å². The van der Waals surface area contributed by atoms with E-state index in [-0.39, 0.29) is 0 Å². The zero-order valence-corrected chi connectivity index (χ0v) is 13.1. The molecule has 0 saturated carbocycles. The predicted octanol–water partition coefficient (Wildman–Crippen LogP) is 5.57. The lowest BCUT2D eigenvalue weighted by atomic mass is 10.1. The number of hydrogen-bond donors (Lipinski definition) is 1. The summed E-state index contributed by atoms with van der Waals surface area (Å²) in [7, 11) is 0. The maximum Gasteiger partial charge on any atom is 0.177 e. The first-order valence-corrected chi connectivity index (χ1v) is 8.07. The van der Waals surface area contributed by atoms with Gasteiger partial charge >= 0.3 is 0 Å². The minimum atomic E-state index is 0.831. The van der Waals surface area contributed by atoms with E-state index in [0.29, 0.717) is 0 Å². The second-order valence-corrected chi connectivity index (χ2v) is 5.65.